The minimum Gasteiger partial charge on any atom is -0.338 e. The molecular formula is C15H21N5OS. The number of hydrogen-bond donors (Lipinski definition) is 0. The molecule has 7 heteroatoms. The Hall–Kier alpha value is -1.63. The zero-order chi connectivity index (χ0) is 15.5. The van der Waals surface area contributed by atoms with E-state index in [2.05, 4.69) is 45.3 Å². The maximum atomic E-state index is 5.29. The van der Waals surface area contributed by atoms with E-state index in [-0.39, 0.29) is 0 Å². The van der Waals surface area contributed by atoms with Gasteiger partial charge in [-0.3, -0.25) is 0 Å². The van der Waals surface area contributed by atoms with Gasteiger partial charge in [-0.2, -0.15) is 4.98 Å². The van der Waals surface area contributed by atoms with Gasteiger partial charge in [0.05, 0.1) is 5.75 Å². The zero-order valence-corrected chi connectivity index (χ0v) is 13.8. The molecule has 0 atom stereocenters. The Balaban J connectivity index is 1.65. The van der Waals surface area contributed by atoms with Crippen LogP contribution in [0.2, 0.25) is 0 Å². The predicted molar refractivity (Wildman–Crippen MR) is 84.6 cm³/mol. The van der Waals surface area contributed by atoms with Gasteiger partial charge in [-0.05, 0) is 18.8 Å². The molecule has 1 aliphatic rings. The Kier molecular flexibility index (Phi) is 4.61. The molecule has 1 saturated carbocycles. The molecule has 0 amide bonds. The second-order valence-corrected chi connectivity index (χ2v) is 6.95. The summed E-state index contributed by atoms with van der Waals surface area (Å²) in [4.78, 5) is 4.42. The largest absolute Gasteiger partial charge is 0.338 e. The lowest BCUT2D eigenvalue weighted by Crippen LogP contribution is -2.02. The smallest absolute Gasteiger partial charge is 0.237 e. The van der Waals surface area contributed by atoms with Gasteiger partial charge in [0.1, 0.15) is 5.82 Å². The topological polar surface area (TPSA) is 69.6 Å². The first kappa shape index (κ1) is 15.3. The molecular weight excluding hydrogens is 298 g/mol. The number of nitrogens with zero attached hydrogens (tertiary/aromatic N) is 5. The van der Waals surface area contributed by atoms with E-state index in [4.69, 9.17) is 4.52 Å². The molecule has 0 N–H and O–H groups in total. The second-order valence-electron chi connectivity index (χ2n) is 6.01. The monoisotopic (exact) mass is 319 g/mol. The lowest BCUT2D eigenvalue weighted by atomic mass is 10.1. The summed E-state index contributed by atoms with van der Waals surface area (Å²) in [5.41, 5.74) is 0. The quantitative estimate of drug-likeness (QED) is 0.549. The average Bonchev–Trinajstić information content (AvgIpc) is 3.10. The van der Waals surface area contributed by atoms with E-state index in [0.29, 0.717) is 23.5 Å². The van der Waals surface area contributed by atoms with Crippen LogP contribution < -0.4 is 0 Å². The van der Waals surface area contributed by atoms with Gasteiger partial charge in [-0.25, -0.2) is 0 Å². The third kappa shape index (κ3) is 3.58. The Labute approximate surface area is 134 Å². The molecule has 0 spiro atoms. The van der Waals surface area contributed by atoms with Crippen molar-refractivity contribution in [3.05, 3.63) is 30.2 Å². The van der Waals surface area contributed by atoms with Gasteiger partial charge < -0.3 is 9.09 Å². The number of aromatic nitrogens is 5. The lowest BCUT2D eigenvalue weighted by molar-refractivity contribution is 0.382. The van der Waals surface area contributed by atoms with E-state index in [1.807, 2.05) is 6.08 Å². The highest BCUT2D eigenvalue weighted by Gasteiger charge is 2.30. The molecule has 0 bridgehead atoms. The fraction of sp³-hybridized carbons (Fsp3) is 0.600. The van der Waals surface area contributed by atoms with Crippen LogP contribution in [0.25, 0.3) is 0 Å². The maximum Gasteiger partial charge on any atom is 0.237 e. The maximum absolute atomic E-state index is 5.29. The molecule has 0 aliphatic heterocycles. The van der Waals surface area contributed by atoms with Crippen molar-refractivity contribution in [1.82, 2.24) is 24.9 Å². The van der Waals surface area contributed by atoms with E-state index < -0.39 is 0 Å². The molecule has 1 fully saturated rings. The van der Waals surface area contributed by atoms with Crippen LogP contribution in [0.1, 0.15) is 50.1 Å². The molecule has 6 nitrogen and oxygen atoms in total. The Bertz CT molecular complexity index is 644. The van der Waals surface area contributed by atoms with Gasteiger partial charge in [0.15, 0.2) is 11.0 Å². The van der Waals surface area contributed by atoms with Crippen molar-refractivity contribution in [2.24, 2.45) is 5.92 Å². The fourth-order valence-corrected chi connectivity index (χ4v) is 3.07. The molecule has 22 heavy (non-hydrogen) atoms. The summed E-state index contributed by atoms with van der Waals surface area (Å²) in [5, 5.41) is 13.5. The van der Waals surface area contributed by atoms with Crippen molar-refractivity contribution in [2.75, 3.05) is 0 Å². The molecule has 2 aromatic heterocycles. The zero-order valence-electron chi connectivity index (χ0n) is 13.0. The van der Waals surface area contributed by atoms with Crippen LogP contribution in [0, 0.1) is 5.92 Å². The Morgan fingerprint density at radius 1 is 1.41 bits per heavy atom. The highest BCUT2D eigenvalue weighted by molar-refractivity contribution is 7.98. The van der Waals surface area contributed by atoms with Crippen LogP contribution in [0.3, 0.4) is 0 Å². The SMILES string of the molecule is C=CCn1c(SCc2nc(CC(C)C)no2)nnc1C1CC1. The van der Waals surface area contributed by atoms with E-state index in [9.17, 15) is 0 Å². The molecule has 2 aromatic rings. The van der Waals surface area contributed by atoms with Crippen LogP contribution >= 0.6 is 11.8 Å². The standard InChI is InChI=1S/C15H21N5OS/c1-4-7-20-14(11-5-6-11)17-18-15(20)22-9-13-16-12(19-21-13)8-10(2)3/h4,10-11H,1,5-9H2,2-3H3. The molecule has 0 radical (unpaired) electrons. The number of thioether (sulfide) groups is 1. The number of hydrogen-bond acceptors (Lipinski definition) is 6. The van der Waals surface area contributed by atoms with Crippen LogP contribution in [-0.2, 0) is 18.7 Å². The van der Waals surface area contributed by atoms with Crippen molar-refractivity contribution in [2.45, 2.75) is 56.5 Å². The summed E-state index contributed by atoms with van der Waals surface area (Å²) in [6.45, 7) is 8.84. The van der Waals surface area contributed by atoms with Gasteiger partial charge in [-0.15, -0.1) is 16.8 Å². The first-order chi connectivity index (χ1) is 10.7. The van der Waals surface area contributed by atoms with Crippen molar-refractivity contribution in [3.8, 4) is 0 Å². The Morgan fingerprint density at radius 3 is 2.91 bits per heavy atom. The van der Waals surface area contributed by atoms with E-state index in [1.54, 1.807) is 11.8 Å². The summed E-state index contributed by atoms with van der Waals surface area (Å²) in [6, 6.07) is 0. The van der Waals surface area contributed by atoms with Crippen LogP contribution in [0.15, 0.2) is 22.3 Å². The van der Waals surface area contributed by atoms with Crippen molar-refractivity contribution >= 4 is 11.8 Å². The number of allylic oxidation sites excluding steroid dienone is 1. The van der Waals surface area contributed by atoms with E-state index in [0.717, 1.165) is 29.8 Å². The van der Waals surface area contributed by atoms with E-state index >= 15 is 0 Å². The first-order valence-electron chi connectivity index (χ1n) is 7.65. The van der Waals surface area contributed by atoms with E-state index in [1.165, 1.54) is 12.8 Å². The number of rotatable bonds is 8. The third-order valence-corrected chi connectivity index (χ3v) is 4.38. The summed E-state index contributed by atoms with van der Waals surface area (Å²) < 4.78 is 7.43. The Morgan fingerprint density at radius 2 is 2.23 bits per heavy atom. The van der Waals surface area contributed by atoms with Crippen LogP contribution in [0.5, 0.6) is 0 Å². The second kappa shape index (κ2) is 6.64. The minimum atomic E-state index is 0.523. The van der Waals surface area contributed by atoms with Gasteiger partial charge in [-0.1, -0.05) is 36.8 Å². The van der Waals surface area contributed by atoms with Gasteiger partial charge in [0.25, 0.3) is 0 Å². The molecule has 2 heterocycles. The summed E-state index contributed by atoms with van der Waals surface area (Å²) in [7, 11) is 0. The molecule has 1 aliphatic carbocycles. The molecule has 3 rings (SSSR count). The van der Waals surface area contributed by atoms with Gasteiger partial charge in [0.2, 0.25) is 5.89 Å². The average molecular weight is 319 g/mol. The molecule has 118 valence electrons. The predicted octanol–water partition coefficient (Wildman–Crippen LogP) is 3.22. The highest BCUT2D eigenvalue weighted by Crippen LogP contribution is 2.40. The van der Waals surface area contributed by atoms with Crippen molar-refractivity contribution < 1.29 is 4.52 Å². The summed E-state index contributed by atoms with van der Waals surface area (Å²) >= 11 is 1.58. The summed E-state index contributed by atoms with van der Waals surface area (Å²) in [5.74, 6) is 4.20. The fourth-order valence-electron chi connectivity index (χ4n) is 2.27. The highest BCUT2D eigenvalue weighted by atomic mass is 32.2. The normalized spacial score (nSPS) is 14.7. The van der Waals surface area contributed by atoms with Gasteiger partial charge in [0, 0.05) is 18.9 Å². The lowest BCUT2D eigenvalue weighted by Gasteiger charge is -2.05. The molecule has 0 unspecified atom stereocenters. The van der Waals surface area contributed by atoms with Crippen molar-refractivity contribution in [1.29, 1.82) is 0 Å². The van der Waals surface area contributed by atoms with Crippen LogP contribution in [0.4, 0.5) is 0 Å². The summed E-state index contributed by atoms with van der Waals surface area (Å²) in [6.07, 6.45) is 5.14. The third-order valence-electron chi connectivity index (χ3n) is 3.43. The van der Waals surface area contributed by atoms with Crippen LogP contribution in [-0.4, -0.2) is 24.9 Å². The molecule has 0 aromatic carbocycles. The first-order valence-corrected chi connectivity index (χ1v) is 8.64. The van der Waals surface area contributed by atoms with Gasteiger partial charge >= 0.3 is 0 Å². The molecule has 0 saturated heterocycles. The minimum absolute atomic E-state index is 0.523. The van der Waals surface area contributed by atoms with Crippen molar-refractivity contribution in [3.63, 3.8) is 0 Å².